The zero-order valence-electron chi connectivity index (χ0n) is 11.3. The van der Waals surface area contributed by atoms with Crippen LogP contribution < -0.4 is 0 Å². The van der Waals surface area contributed by atoms with Gasteiger partial charge in [-0.1, -0.05) is 36.4 Å². The maximum Gasteiger partial charge on any atom is 0.310 e. The molecule has 0 bridgehead atoms. The molecule has 1 atom stereocenters. The molecule has 0 spiro atoms. The fourth-order valence-corrected chi connectivity index (χ4v) is 2.36. The highest BCUT2D eigenvalue weighted by atomic mass is 19.1. The molecule has 104 valence electrons. The Morgan fingerprint density at radius 3 is 2.50 bits per heavy atom. The van der Waals surface area contributed by atoms with Gasteiger partial charge in [0.05, 0.1) is 5.92 Å². The lowest BCUT2D eigenvalue weighted by atomic mass is 9.91. The van der Waals surface area contributed by atoms with E-state index in [1.165, 1.54) is 12.1 Å². The van der Waals surface area contributed by atoms with Crippen molar-refractivity contribution in [3.05, 3.63) is 71.0 Å². The Balaban J connectivity index is 2.12. The van der Waals surface area contributed by atoms with E-state index in [9.17, 15) is 14.3 Å². The van der Waals surface area contributed by atoms with Gasteiger partial charge < -0.3 is 5.11 Å². The summed E-state index contributed by atoms with van der Waals surface area (Å²) in [6.07, 6.45) is 1.13. The van der Waals surface area contributed by atoms with Crippen molar-refractivity contribution >= 4 is 5.97 Å². The lowest BCUT2D eigenvalue weighted by Gasteiger charge is -2.13. The summed E-state index contributed by atoms with van der Waals surface area (Å²) in [5.41, 5.74) is 2.66. The molecule has 0 aliphatic heterocycles. The van der Waals surface area contributed by atoms with E-state index in [0.29, 0.717) is 12.8 Å². The third kappa shape index (κ3) is 3.44. The molecule has 20 heavy (non-hydrogen) atoms. The van der Waals surface area contributed by atoms with Gasteiger partial charge in [-0.15, -0.1) is 0 Å². The third-order valence-electron chi connectivity index (χ3n) is 3.51. The Kier molecular flexibility index (Phi) is 4.51. The van der Waals surface area contributed by atoms with Crippen LogP contribution in [0.25, 0.3) is 0 Å². The minimum atomic E-state index is -0.823. The summed E-state index contributed by atoms with van der Waals surface area (Å²) in [5.74, 6) is -1.61. The van der Waals surface area contributed by atoms with Crippen LogP contribution in [0.3, 0.4) is 0 Å². The van der Waals surface area contributed by atoms with Crippen molar-refractivity contribution < 1.29 is 14.3 Å². The molecule has 2 aromatic carbocycles. The first-order valence-corrected chi connectivity index (χ1v) is 6.60. The van der Waals surface area contributed by atoms with Gasteiger partial charge in [0.1, 0.15) is 5.82 Å². The molecule has 0 saturated carbocycles. The number of benzene rings is 2. The van der Waals surface area contributed by atoms with Gasteiger partial charge in [0.25, 0.3) is 0 Å². The Morgan fingerprint density at radius 2 is 1.90 bits per heavy atom. The fraction of sp³-hybridized carbons (Fsp3) is 0.235. The quantitative estimate of drug-likeness (QED) is 0.895. The first-order chi connectivity index (χ1) is 9.58. The Morgan fingerprint density at radius 1 is 1.20 bits per heavy atom. The molecule has 0 fully saturated rings. The van der Waals surface area contributed by atoms with Gasteiger partial charge in [-0.05, 0) is 48.6 Å². The molecular formula is C17H17FO2. The second-order valence-corrected chi connectivity index (χ2v) is 4.91. The lowest BCUT2D eigenvalue weighted by molar-refractivity contribution is -0.138. The lowest BCUT2D eigenvalue weighted by Crippen LogP contribution is -2.12. The number of halogens is 1. The SMILES string of the molecule is Cc1cc(F)ccc1CCC(C(=O)O)c1ccccc1. The van der Waals surface area contributed by atoms with Gasteiger partial charge >= 0.3 is 5.97 Å². The summed E-state index contributed by atoms with van der Waals surface area (Å²) in [7, 11) is 0. The molecule has 1 N–H and O–H groups in total. The fourth-order valence-electron chi connectivity index (χ4n) is 2.36. The van der Waals surface area contributed by atoms with E-state index in [4.69, 9.17) is 0 Å². The van der Waals surface area contributed by atoms with Gasteiger partial charge in [-0.3, -0.25) is 4.79 Å². The molecule has 0 saturated heterocycles. The summed E-state index contributed by atoms with van der Waals surface area (Å²) in [6, 6.07) is 13.8. The highest BCUT2D eigenvalue weighted by molar-refractivity contribution is 5.76. The van der Waals surface area contributed by atoms with Gasteiger partial charge in [-0.25, -0.2) is 4.39 Å². The van der Waals surface area contributed by atoms with Crippen LogP contribution in [0.2, 0.25) is 0 Å². The van der Waals surface area contributed by atoms with Crippen molar-refractivity contribution in [2.24, 2.45) is 0 Å². The van der Waals surface area contributed by atoms with Crippen molar-refractivity contribution in [3.63, 3.8) is 0 Å². The van der Waals surface area contributed by atoms with Crippen molar-refractivity contribution in [2.45, 2.75) is 25.7 Å². The minimum Gasteiger partial charge on any atom is -0.481 e. The smallest absolute Gasteiger partial charge is 0.310 e. The average molecular weight is 272 g/mol. The zero-order chi connectivity index (χ0) is 14.5. The maximum absolute atomic E-state index is 13.0. The van der Waals surface area contributed by atoms with Crippen molar-refractivity contribution in [3.8, 4) is 0 Å². The first kappa shape index (κ1) is 14.3. The highest BCUT2D eigenvalue weighted by Crippen LogP contribution is 2.23. The molecule has 0 aliphatic carbocycles. The van der Waals surface area contributed by atoms with E-state index in [1.807, 2.05) is 37.3 Å². The predicted octanol–water partition coefficient (Wildman–Crippen LogP) is 3.94. The molecule has 0 heterocycles. The third-order valence-corrected chi connectivity index (χ3v) is 3.51. The Hall–Kier alpha value is -2.16. The topological polar surface area (TPSA) is 37.3 Å². The van der Waals surface area contributed by atoms with Gasteiger partial charge in [0.2, 0.25) is 0 Å². The summed E-state index contributed by atoms with van der Waals surface area (Å²) < 4.78 is 13.0. The normalized spacial score (nSPS) is 12.1. The van der Waals surface area contributed by atoms with Crippen LogP contribution in [0.4, 0.5) is 4.39 Å². The second-order valence-electron chi connectivity index (χ2n) is 4.91. The van der Waals surface area contributed by atoms with E-state index in [1.54, 1.807) is 6.07 Å². The van der Waals surface area contributed by atoms with Gasteiger partial charge in [0, 0.05) is 0 Å². The second kappa shape index (κ2) is 6.33. The monoisotopic (exact) mass is 272 g/mol. The summed E-state index contributed by atoms with van der Waals surface area (Å²) in [6.45, 7) is 1.84. The average Bonchev–Trinajstić information content (AvgIpc) is 2.42. The number of aliphatic carboxylic acids is 1. The zero-order valence-corrected chi connectivity index (χ0v) is 11.3. The van der Waals surface area contributed by atoms with E-state index in [0.717, 1.165) is 16.7 Å². The van der Waals surface area contributed by atoms with E-state index < -0.39 is 11.9 Å². The maximum atomic E-state index is 13.0. The summed E-state index contributed by atoms with van der Waals surface area (Å²) >= 11 is 0. The predicted molar refractivity (Wildman–Crippen MR) is 76.3 cm³/mol. The molecule has 3 heteroatoms. The molecule has 2 aromatic rings. The first-order valence-electron chi connectivity index (χ1n) is 6.60. The van der Waals surface area contributed by atoms with Crippen molar-refractivity contribution in [1.29, 1.82) is 0 Å². The largest absolute Gasteiger partial charge is 0.481 e. The number of hydrogen-bond acceptors (Lipinski definition) is 1. The molecule has 0 aromatic heterocycles. The van der Waals surface area contributed by atoms with Crippen LogP contribution in [0, 0.1) is 12.7 Å². The summed E-state index contributed by atoms with van der Waals surface area (Å²) in [5, 5.41) is 9.36. The molecule has 0 amide bonds. The van der Waals surface area contributed by atoms with Gasteiger partial charge in [0.15, 0.2) is 0 Å². The number of aryl methyl sites for hydroxylation is 2. The van der Waals surface area contributed by atoms with Crippen LogP contribution in [0.15, 0.2) is 48.5 Å². The van der Waals surface area contributed by atoms with E-state index >= 15 is 0 Å². The molecule has 2 nitrogen and oxygen atoms in total. The van der Waals surface area contributed by atoms with Gasteiger partial charge in [-0.2, -0.15) is 0 Å². The number of carbonyl (C=O) groups is 1. The summed E-state index contributed by atoms with van der Waals surface area (Å²) in [4.78, 5) is 11.4. The molecular weight excluding hydrogens is 255 g/mol. The molecule has 0 radical (unpaired) electrons. The van der Waals surface area contributed by atoms with Crippen LogP contribution in [0.5, 0.6) is 0 Å². The molecule has 2 rings (SSSR count). The molecule has 1 unspecified atom stereocenters. The van der Waals surface area contributed by atoms with Crippen molar-refractivity contribution in [1.82, 2.24) is 0 Å². The van der Waals surface area contributed by atoms with Crippen LogP contribution >= 0.6 is 0 Å². The van der Waals surface area contributed by atoms with E-state index in [2.05, 4.69) is 0 Å². The molecule has 0 aliphatic rings. The minimum absolute atomic E-state index is 0.260. The van der Waals surface area contributed by atoms with Crippen molar-refractivity contribution in [2.75, 3.05) is 0 Å². The number of hydrogen-bond donors (Lipinski definition) is 1. The Labute approximate surface area is 117 Å². The number of carboxylic acids is 1. The van der Waals surface area contributed by atoms with E-state index in [-0.39, 0.29) is 5.82 Å². The number of rotatable bonds is 5. The van der Waals surface area contributed by atoms with Crippen LogP contribution in [0.1, 0.15) is 29.0 Å². The standard InChI is InChI=1S/C17H17FO2/c1-12-11-15(18)9-7-13(12)8-10-16(17(19)20)14-5-3-2-4-6-14/h2-7,9,11,16H,8,10H2,1H3,(H,19,20). The number of carboxylic acid groups (broad SMARTS) is 1. The van der Waals surface area contributed by atoms with Crippen LogP contribution in [-0.2, 0) is 11.2 Å². The van der Waals surface area contributed by atoms with Crippen LogP contribution in [-0.4, -0.2) is 11.1 Å². The Bertz CT molecular complexity index is 593. The highest BCUT2D eigenvalue weighted by Gasteiger charge is 2.19.